The second-order valence-corrected chi connectivity index (χ2v) is 3.96. The average molecular weight is 195 g/mol. The van der Waals surface area contributed by atoms with Gasteiger partial charge in [-0.25, -0.2) is 0 Å². The van der Waals surface area contributed by atoms with Crippen LogP contribution in [0.3, 0.4) is 0 Å². The van der Waals surface area contributed by atoms with E-state index >= 15 is 0 Å². The molecule has 2 heteroatoms. The third-order valence-electron chi connectivity index (χ3n) is 2.00. The van der Waals surface area contributed by atoms with E-state index in [4.69, 9.17) is 0 Å². The van der Waals surface area contributed by atoms with Crippen molar-refractivity contribution >= 4 is 17.4 Å². The van der Waals surface area contributed by atoms with Crippen LogP contribution in [0.4, 0.5) is 5.69 Å². The van der Waals surface area contributed by atoms with Crippen molar-refractivity contribution in [2.24, 2.45) is 0 Å². The number of nitrogens with one attached hydrogen (secondary N) is 1. The van der Waals surface area contributed by atoms with Crippen LogP contribution in [-0.2, 0) is 6.42 Å². The van der Waals surface area contributed by atoms with Crippen LogP contribution in [-0.4, -0.2) is 18.6 Å². The lowest BCUT2D eigenvalue weighted by Gasteiger charge is -2.05. The Kier molecular flexibility index (Phi) is 4.76. The molecule has 0 saturated carbocycles. The lowest BCUT2D eigenvalue weighted by molar-refractivity contribution is 1.14. The number of anilines is 1. The predicted molar refractivity (Wildman–Crippen MR) is 62.7 cm³/mol. The first-order chi connectivity index (χ1) is 6.36. The minimum absolute atomic E-state index is 1.05. The van der Waals surface area contributed by atoms with Crippen LogP contribution < -0.4 is 5.32 Å². The number of hydrogen-bond donors (Lipinski definition) is 1. The second kappa shape index (κ2) is 5.92. The van der Waals surface area contributed by atoms with Crippen LogP contribution in [0.5, 0.6) is 0 Å². The maximum Gasteiger partial charge on any atom is 0.0340 e. The summed E-state index contributed by atoms with van der Waals surface area (Å²) in [4.78, 5) is 0. The molecule has 1 aromatic rings. The molecule has 13 heavy (non-hydrogen) atoms. The number of aryl methyl sites for hydroxylation is 1. The van der Waals surface area contributed by atoms with Crippen molar-refractivity contribution in [3.8, 4) is 0 Å². The SMILES string of the molecule is CCc1ccc(NCCSC)cc1. The number of benzene rings is 1. The first-order valence-corrected chi connectivity index (χ1v) is 6.08. The van der Waals surface area contributed by atoms with Gasteiger partial charge in [0.25, 0.3) is 0 Å². The lowest BCUT2D eigenvalue weighted by atomic mass is 10.1. The molecule has 72 valence electrons. The summed E-state index contributed by atoms with van der Waals surface area (Å²) in [6.07, 6.45) is 3.24. The number of hydrogen-bond acceptors (Lipinski definition) is 2. The van der Waals surface area contributed by atoms with Crippen LogP contribution in [0.15, 0.2) is 24.3 Å². The largest absolute Gasteiger partial charge is 0.384 e. The van der Waals surface area contributed by atoms with Gasteiger partial charge in [0.15, 0.2) is 0 Å². The minimum Gasteiger partial charge on any atom is -0.384 e. The summed E-state index contributed by atoms with van der Waals surface area (Å²) in [6, 6.07) is 8.67. The molecule has 1 nitrogen and oxygen atoms in total. The standard InChI is InChI=1S/C11H17NS/c1-3-10-4-6-11(7-5-10)12-8-9-13-2/h4-7,12H,3,8-9H2,1-2H3. The van der Waals surface area contributed by atoms with Crippen LogP contribution in [0.2, 0.25) is 0 Å². The highest BCUT2D eigenvalue weighted by Crippen LogP contribution is 2.09. The zero-order valence-electron chi connectivity index (χ0n) is 8.34. The van der Waals surface area contributed by atoms with Crippen molar-refractivity contribution in [2.45, 2.75) is 13.3 Å². The van der Waals surface area contributed by atoms with Gasteiger partial charge in [0.1, 0.15) is 0 Å². The third kappa shape index (κ3) is 3.73. The van der Waals surface area contributed by atoms with Crippen molar-refractivity contribution in [2.75, 3.05) is 23.9 Å². The van der Waals surface area contributed by atoms with Crippen LogP contribution in [0, 0.1) is 0 Å². The summed E-state index contributed by atoms with van der Waals surface area (Å²) in [5.74, 6) is 1.16. The average Bonchev–Trinajstić information content (AvgIpc) is 2.19. The van der Waals surface area contributed by atoms with Crippen molar-refractivity contribution in [1.29, 1.82) is 0 Å². The van der Waals surface area contributed by atoms with Crippen molar-refractivity contribution in [3.63, 3.8) is 0 Å². The molecule has 0 spiro atoms. The van der Waals surface area contributed by atoms with E-state index in [9.17, 15) is 0 Å². The summed E-state index contributed by atoms with van der Waals surface area (Å²) >= 11 is 1.87. The Bertz CT molecular complexity index is 230. The van der Waals surface area contributed by atoms with Crippen molar-refractivity contribution < 1.29 is 0 Å². The number of rotatable bonds is 5. The fourth-order valence-electron chi connectivity index (χ4n) is 1.16. The fraction of sp³-hybridized carbons (Fsp3) is 0.455. The molecule has 0 radical (unpaired) electrons. The van der Waals surface area contributed by atoms with E-state index in [1.54, 1.807) is 0 Å². The van der Waals surface area contributed by atoms with Crippen LogP contribution in [0.1, 0.15) is 12.5 Å². The molecule has 0 aliphatic rings. The molecule has 0 amide bonds. The number of thioether (sulfide) groups is 1. The van der Waals surface area contributed by atoms with Gasteiger partial charge in [-0.15, -0.1) is 0 Å². The zero-order valence-corrected chi connectivity index (χ0v) is 9.16. The van der Waals surface area contributed by atoms with E-state index in [0.717, 1.165) is 18.7 Å². The Labute approximate surface area is 84.9 Å². The fourth-order valence-corrected chi connectivity index (χ4v) is 1.46. The lowest BCUT2D eigenvalue weighted by Crippen LogP contribution is -2.03. The smallest absolute Gasteiger partial charge is 0.0340 e. The van der Waals surface area contributed by atoms with Gasteiger partial charge in [-0.3, -0.25) is 0 Å². The van der Waals surface area contributed by atoms with Gasteiger partial charge in [-0.1, -0.05) is 19.1 Å². The molecular weight excluding hydrogens is 178 g/mol. The molecule has 1 N–H and O–H groups in total. The first-order valence-electron chi connectivity index (χ1n) is 4.68. The monoisotopic (exact) mass is 195 g/mol. The maximum atomic E-state index is 3.38. The van der Waals surface area contributed by atoms with Gasteiger partial charge in [0, 0.05) is 18.0 Å². The Balaban J connectivity index is 2.40. The molecule has 0 heterocycles. The second-order valence-electron chi connectivity index (χ2n) is 2.97. The summed E-state index contributed by atoms with van der Waals surface area (Å²) in [5.41, 5.74) is 2.63. The highest BCUT2D eigenvalue weighted by atomic mass is 32.2. The molecule has 0 saturated heterocycles. The Morgan fingerprint density at radius 2 is 1.92 bits per heavy atom. The van der Waals surface area contributed by atoms with E-state index in [2.05, 4.69) is 42.8 Å². The van der Waals surface area contributed by atoms with Crippen LogP contribution in [0.25, 0.3) is 0 Å². The third-order valence-corrected chi connectivity index (χ3v) is 2.61. The van der Waals surface area contributed by atoms with Gasteiger partial charge in [0.05, 0.1) is 0 Å². The Morgan fingerprint density at radius 1 is 1.23 bits per heavy atom. The minimum atomic E-state index is 1.05. The Morgan fingerprint density at radius 3 is 2.46 bits per heavy atom. The molecule has 1 rings (SSSR count). The van der Waals surface area contributed by atoms with E-state index < -0.39 is 0 Å². The maximum absolute atomic E-state index is 3.38. The van der Waals surface area contributed by atoms with E-state index in [0.29, 0.717) is 0 Å². The van der Waals surface area contributed by atoms with Gasteiger partial charge in [-0.05, 0) is 30.4 Å². The van der Waals surface area contributed by atoms with E-state index in [1.165, 1.54) is 11.3 Å². The van der Waals surface area contributed by atoms with Crippen LogP contribution >= 0.6 is 11.8 Å². The molecular formula is C11H17NS. The van der Waals surface area contributed by atoms with Crippen molar-refractivity contribution in [3.05, 3.63) is 29.8 Å². The van der Waals surface area contributed by atoms with Gasteiger partial charge in [-0.2, -0.15) is 11.8 Å². The summed E-state index contributed by atoms with van der Waals surface area (Å²) in [7, 11) is 0. The predicted octanol–water partition coefficient (Wildman–Crippen LogP) is 3.02. The van der Waals surface area contributed by atoms with Crippen molar-refractivity contribution in [1.82, 2.24) is 0 Å². The van der Waals surface area contributed by atoms with Gasteiger partial charge < -0.3 is 5.32 Å². The normalized spacial score (nSPS) is 10.0. The molecule has 0 aromatic heterocycles. The summed E-state index contributed by atoms with van der Waals surface area (Å²) < 4.78 is 0. The van der Waals surface area contributed by atoms with E-state index in [-0.39, 0.29) is 0 Å². The van der Waals surface area contributed by atoms with Gasteiger partial charge >= 0.3 is 0 Å². The van der Waals surface area contributed by atoms with E-state index in [1.807, 2.05) is 11.8 Å². The molecule has 0 fully saturated rings. The van der Waals surface area contributed by atoms with Gasteiger partial charge in [0.2, 0.25) is 0 Å². The highest BCUT2D eigenvalue weighted by molar-refractivity contribution is 7.98. The molecule has 1 aromatic carbocycles. The first kappa shape index (κ1) is 10.5. The Hall–Kier alpha value is -0.630. The molecule has 0 aliphatic heterocycles. The highest BCUT2D eigenvalue weighted by Gasteiger charge is 1.91. The molecule has 0 aliphatic carbocycles. The summed E-state index contributed by atoms with van der Waals surface area (Å²) in [5, 5.41) is 3.38. The topological polar surface area (TPSA) is 12.0 Å². The molecule has 0 bridgehead atoms. The quantitative estimate of drug-likeness (QED) is 0.725. The zero-order chi connectivity index (χ0) is 9.52. The summed E-state index contributed by atoms with van der Waals surface area (Å²) in [6.45, 7) is 3.22. The molecule has 0 unspecified atom stereocenters. The molecule has 0 atom stereocenters.